The van der Waals surface area contributed by atoms with Gasteiger partial charge in [-0.05, 0) is 50.5 Å². The quantitative estimate of drug-likeness (QED) is 0.852. The highest BCUT2D eigenvalue weighted by Crippen LogP contribution is 2.28. The summed E-state index contributed by atoms with van der Waals surface area (Å²) in [6.07, 6.45) is 1.75. The van der Waals surface area contributed by atoms with Crippen LogP contribution in [0.3, 0.4) is 0 Å². The number of nitriles is 1. The highest BCUT2D eigenvalue weighted by molar-refractivity contribution is 7.89. The van der Waals surface area contributed by atoms with Gasteiger partial charge in [0.25, 0.3) is 0 Å². The molecule has 1 fully saturated rings. The van der Waals surface area contributed by atoms with Gasteiger partial charge >= 0.3 is 0 Å². The van der Waals surface area contributed by atoms with Crippen molar-refractivity contribution in [2.45, 2.75) is 44.0 Å². The fourth-order valence-electron chi connectivity index (χ4n) is 2.72. The van der Waals surface area contributed by atoms with Gasteiger partial charge in [-0.2, -0.15) is 9.57 Å². The lowest BCUT2D eigenvalue weighted by Gasteiger charge is -2.23. The number of ketones is 1. The average molecular weight is 306 g/mol. The molecular weight excluding hydrogens is 288 g/mol. The Balaban J connectivity index is 2.35. The van der Waals surface area contributed by atoms with Crippen LogP contribution in [0.4, 0.5) is 0 Å². The lowest BCUT2D eigenvalue weighted by atomic mass is 10.1. The number of carbonyl (C=O) groups excluding carboxylic acids is 1. The first-order chi connectivity index (χ1) is 9.86. The molecule has 0 aromatic heterocycles. The van der Waals surface area contributed by atoms with E-state index in [0.717, 1.165) is 6.42 Å². The van der Waals surface area contributed by atoms with Crippen LogP contribution in [0.2, 0.25) is 0 Å². The molecule has 0 amide bonds. The SMILES string of the molecule is CC(=O)CC1CCCN1S(=O)(=O)c1ccc(C#N)c(C)c1. The molecule has 5 nitrogen and oxygen atoms in total. The zero-order chi connectivity index (χ0) is 15.6. The van der Waals surface area contributed by atoms with Gasteiger partial charge in [-0.3, -0.25) is 4.79 Å². The summed E-state index contributed by atoms with van der Waals surface area (Å²) < 4.78 is 26.8. The summed E-state index contributed by atoms with van der Waals surface area (Å²) >= 11 is 0. The molecule has 1 atom stereocenters. The molecule has 0 radical (unpaired) electrons. The van der Waals surface area contributed by atoms with Crippen LogP contribution in [-0.2, 0) is 14.8 Å². The van der Waals surface area contributed by atoms with E-state index < -0.39 is 10.0 Å². The van der Waals surface area contributed by atoms with Crippen molar-refractivity contribution in [1.29, 1.82) is 5.26 Å². The second-order valence-corrected chi connectivity index (χ2v) is 7.30. The Hall–Kier alpha value is -1.71. The molecule has 0 aliphatic carbocycles. The van der Waals surface area contributed by atoms with Gasteiger partial charge in [-0.15, -0.1) is 0 Å². The zero-order valence-corrected chi connectivity index (χ0v) is 13.0. The second kappa shape index (κ2) is 5.96. The van der Waals surface area contributed by atoms with Gasteiger partial charge in [0.2, 0.25) is 10.0 Å². The molecule has 2 rings (SSSR count). The van der Waals surface area contributed by atoms with Crippen molar-refractivity contribution in [2.24, 2.45) is 0 Å². The van der Waals surface area contributed by atoms with E-state index in [9.17, 15) is 13.2 Å². The Morgan fingerprint density at radius 2 is 2.19 bits per heavy atom. The molecule has 21 heavy (non-hydrogen) atoms. The Morgan fingerprint density at radius 1 is 1.48 bits per heavy atom. The van der Waals surface area contributed by atoms with E-state index in [2.05, 4.69) is 0 Å². The first-order valence-corrected chi connectivity index (χ1v) is 8.32. The number of aryl methyl sites for hydroxylation is 1. The Kier molecular flexibility index (Phi) is 4.45. The minimum absolute atomic E-state index is 0.00175. The number of Topliss-reactive ketones (excluding diaryl/α,β-unsaturated/α-hetero) is 1. The maximum Gasteiger partial charge on any atom is 0.243 e. The van der Waals surface area contributed by atoms with Gasteiger partial charge in [-0.25, -0.2) is 8.42 Å². The van der Waals surface area contributed by atoms with Gasteiger partial charge in [0.15, 0.2) is 0 Å². The van der Waals surface area contributed by atoms with Crippen LogP contribution >= 0.6 is 0 Å². The number of hydrogen-bond acceptors (Lipinski definition) is 4. The van der Waals surface area contributed by atoms with Gasteiger partial charge in [0.1, 0.15) is 5.78 Å². The Morgan fingerprint density at radius 3 is 2.76 bits per heavy atom. The molecule has 1 heterocycles. The van der Waals surface area contributed by atoms with Crippen LogP contribution < -0.4 is 0 Å². The monoisotopic (exact) mass is 306 g/mol. The third-order valence-corrected chi connectivity index (χ3v) is 5.72. The zero-order valence-electron chi connectivity index (χ0n) is 12.2. The molecule has 112 valence electrons. The van der Waals surface area contributed by atoms with Crippen LogP contribution in [0.25, 0.3) is 0 Å². The smallest absolute Gasteiger partial charge is 0.243 e. The summed E-state index contributed by atoms with van der Waals surface area (Å²) in [4.78, 5) is 11.5. The molecule has 0 spiro atoms. The van der Waals surface area contributed by atoms with E-state index in [1.54, 1.807) is 6.92 Å². The third-order valence-electron chi connectivity index (χ3n) is 3.77. The predicted octanol–water partition coefficient (Wildman–Crippen LogP) is 2.00. The minimum atomic E-state index is -3.61. The van der Waals surface area contributed by atoms with E-state index >= 15 is 0 Å². The fourth-order valence-corrected chi connectivity index (χ4v) is 4.50. The van der Waals surface area contributed by atoms with Crippen molar-refractivity contribution in [3.05, 3.63) is 29.3 Å². The Bertz CT molecular complexity index is 704. The number of hydrogen-bond donors (Lipinski definition) is 0. The standard InChI is InChI=1S/C15H18N2O3S/c1-11-8-15(6-5-13(11)10-16)21(19,20)17-7-3-4-14(17)9-12(2)18/h5-6,8,14H,3-4,7,9H2,1-2H3. The van der Waals surface area contributed by atoms with Gasteiger partial charge in [-0.1, -0.05) is 0 Å². The maximum absolute atomic E-state index is 12.7. The molecule has 6 heteroatoms. The summed E-state index contributed by atoms with van der Waals surface area (Å²) in [7, 11) is -3.61. The summed E-state index contributed by atoms with van der Waals surface area (Å²) in [6.45, 7) is 3.64. The molecule has 0 bridgehead atoms. The predicted molar refractivity (Wildman–Crippen MR) is 78.1 cm³/mol. The molecule has 1 saturated heterocycles. The summed E-state index contributed by atoms with van der Waals surface area (Å²) in [5, 5.41) is 8.92. The van der Waals surface area contributed by atoms with Crippen molar-refractivity contribution in [1.82, 2.24) is 4.31 Å². The van der Waals surface area contributed by atoms with E-state index in [1.807, 2.05) is 6.07 Å². The number of rotatable bonds is 4. The molecule has 0 N–H and O–H groups in total. The first-order valence-electron chi connectivity index (χ1n) is 6.88. The van der Waals surface area contributed by atoms with Gasteiger partial charge in [0, 0.05) is 19.0 Å². The third kappa shape index (κ3) is 3.14. The normalized spacial score (nSPS) is 19.4. The van der Waals surface area contributed by atoms with Crippen molar-refractivity contribution < 1.29 is 13.2 Å². The van der Waals surface area contributed by atoms with E-state index in [4.69, 9.17) is 5.26 Å². The number of nitrogens with zero attached hydrogens (tertiary/aromatic N) is 2. The van der Waals surface area contributed by atoms with Crippen LogP contribution in [0.5, 0.6) is 0 Å². The lowest BCUT2D eigenvalue weighted by molar-refractivity contribution is -0.117. The van der Waals surface area contributed by atoms with E-state index in [0.29, 0.717) is 24.1 Å². The molecule has 1 aliphatic heterocycles. The molecule has 1 unspecified atom stereocenters. The molecule has 1 aromatic rings. The van der Waals surface area contributed by atoms with Gasteiger partial charge < -0.3 is 0 Å². The second-order valence-electron chi connectivity index (χ2n) is 5.41. The first kappa shape index (κ1) is 15.7. The van der Waals surface area contributed by atoms with Gasteiger partial charge in [0.05, 0.1) is 16.5 Å². The molecule has 1 aliphatic rings. The van der Waals surface area contributed by atoms with Crippen molar-refractivity contribution in [2.75, 3.05) is 6.54 Å². The van der Waals surface area contributed by atoms with Crippen LogP contribution in [0.15, 0.2) is 23.1 Å². The van der Waals surface area contributed by atoms with Crippen molar-refractivity contribution in [3.63, 3.8) is 0 Å². The fraction of sp³-hybridized carbons (Fsp3) is 0.467. The Labute approximate surface area is 125 Å². The minimum Gasteiger partial charge on any atom is -0.300 e. The molecule has 1 aromatic carbocycles. The largest absolute Gasteiger partial charge is 0.300 e. The summed E-state index contributed by atoms with van der Waals surface area (Å²) in [6, 6.07) is 6.29. The topological polar surface area (TPSA) is 78.2 Å². The number of sulfonamides is 1. The lowest BCUT2D eigenvalue weighted by Crippen LogP contribution is -2.36. The highest BCUT2D eigenvalue weighted by atomic mass is 32.2. The summed E-state index contributed by atoms with van der Waals surface area (Å²) in [5.74, 6) is -0.00175. The number of benzene rings is 1. The molecule has 0 saturated carbocycles. The highest BCUT2D eigenvalue weighted by Gasteiger charge is 2.35. The van der Waals surface area contributed by atoms with Crippen LogP contribution in [0, 0.1) is 18.3 Å². The van der Waals surface area contributed by atoms with Crippen LogP contribution in [-0.4, -0.2) is 31.1 Å². The van der Waals surface area contributed by atoms with E-state index in [1.165, 1.54) is 29.4 Å². The molecular formula is C15H18N2O3S. The van der Waals surface area contributed by atoms with Crippen LogP contribution in [0.1, 0.15) is 37.3 Å². The average Bonchev–Trinajstić information content (AvgIpc) is 2.86. The number of carbonyl (C=O) groups is 1. The van der Waals surface area contributed by atoms with E-state index in [-0.39, 0.29) is 23.1 Å². The van der Waals surface area contributed by atoms with Crippen molar-refractivity contribution >= 4 is 15.8 Å². The van der Waals surface area contributed by atoms with Crippen molar-refractivity contribution in [3.8, 4) is 6.07 Å². The summed E-state index contributed by atoms with van der Waals surface area (Å²) in [5.41, 5.74) is 1.11. The maximum atomic E-state index is 12.7.